The fourth-order valence-corrected chi connectivity index (χ4v) is 2.85. The number of rotatable bonds is 3. The van der Waals surface area contributed by atoms with Gasteiger partial charge in [-0.05, 0) is 23.8 Å². The van der Waals surface area contributed by atoms with E-state index in [4.69, 9.17) is 17.3 Å². The second-order valence-electron chi connectivity index (χ2n) is 5.49. The average Bonchev–Trinajstić information content (AvgIpc) is 3.18. The van der Waals surface area contributed by atoms with Crippen LogP contribution in [0, 0.1) is 0 Å². The highest BCUT2D eigenvalue weighted by atomic mass is 35.5. The largest absolute Gasteiger partial charge is 0.384 e. The number of aromatic nitrogens is 6. The highest BCUT2D eigenvalue weighted by Gasteiger charge is 2.13. The Balaban J connectivity index is 1.69. The van der Waals surface area contributed by atoms with Gasteiger partial charge in [0.25, 0.3) is 0 Å². The number of aryl methyl sites for hydroxylation is 1. The summed E-state index contributed by atoms with van der Waals surface area (Å²) in [7, 11) is 1.86. The van der Waals surface area contributed by atoms with Crippen LogP contribution >= 0.6 is 11.6 Å². The Morgan fingerprint density at radius 1 is 1.21 bits per heavy atom. The zero-order chi connectivity index (χ0) is 16.7. The van der Waals surface area contributed by atoms with Crippen LogP contribution in [0.3, 0.4) is 0 Å². The van der Waals surface area contributed by atoms with E-state index in [9.17, 15) is 0 Å². The van der Waals surface area contributed by atoms with Crippen LogP contribution in [0.2, 0.25) is 5.02 Å². The topological polar surface area (TPSA) is 98.3 Å². The average molecular weight is 340 g/mol. The van der Waals surface area contributed by atoms with Gasteiger partial charge in [-0.3, -0.25) is 9.78 Å². The Labute approximate surface area is 142 Å². The van der Waals surface area contributed by atoms with Gasteiger partial charge in [-0.25, -0.2) is 9.97 Å². The van der Waals surface area contributed by atoms with Crippen molar-refractivity contribution in [2.24, 2.45) is 7.05 Å². The molecule has 0 aliphatic carbocycles. The quantitative estimate of drug-likeness (QED) is 0.597. The summed E-state index contributed by atoms with van der Waals surface area (Å²) >= 11 is 6.49. The Kier molecular flexibility index (Phi) is 3.42. The molecule has 120 valence electrons. The van der Waals surface area contributed by atoms with Gasteiger partial charge in [-0.1, -0.05) is 17.7 Å². The van der Waals surface area contributed by atoms with Crippen LogP contribution in [0.15, 0.2) is 36.7 Å². The summed E-state index contributed by atoms with van der Waals surface area (Å²) in [6, 6.07) is 7.52. The van der Waals surface area contributed by atoms with Crippen LogP contribution in [-0.2, 0) is 13.5 Å². The minimum atomic E-state index is 0.468. The maximum atomic E-state index is 6.49. The Hall–Kier alpha value is -2.93. The minimum Gasteiger partial charge on any atom is -0.384 e. The van der Waals surface area contributed by atoms with Gasteiger partial charge >= 0.3 is 0 Å². The van der Waals surface area contributed by atoms with Crippen molar-refractivity contribution in [3.63, 3.8) is 0 Å². The lowest BCUT2D eigenvalue weighted by molar-refractivity contribution is 0.718. The van der Waals surface area contributed by atoms with E-state index < -0.39 is 0 Å². The molecular weight excluding hydrogens is 326 g/mol. The molecular formula is C16H14ClN7. The molecule has 0 amide bonds. The third kappa shape index (κ3) is 2.48. The molecule has 3 heterocycles. The van der Waals surface area contributed by atoms with Crippen LogP contribution in [-0.4, -0.2) is 29.9 Å². The number of H-pyrrole nitrogens is 1. The van der Waals surface area contributed by atoms with Crippen LogP contribution in [0.25, 0.3) is 22.3 Å². The minimum absolute atomic E-state index is 0.468. The maximum Gasteiger partial charge on any atom is 0.182 e. The number of hydrogen-bond donors (Lipinski definition) is 2. The van der Waals surface area contributed by atoms with Crippen molar-refractivity contribution < 1.29 is 0 Å². The van der Waals surface area contributed by atoms with E-state index >= 15 is 0 Å². The van der Waals surface area contributed by atoms with Gasteiger partial charge < -0.3 is 5.73 Å². The van der Waals surface area contributed by atoms with Gasteiger partial charge in [0.05, 0.1) is 16.7 Å². The fourth-order valence-electron chi connectivity index (χ4n) is 2.57. The molecule has 24 heavy (non-hydrogen) atoms. The molecule has 0 spiro atoms. The van der Waals surface area contributed by atoms with E-state index in [0.29, 0.717) is 23.1 Å². The highest BCUT2D eigenvalue weighted by molar-refractivity contribution is 6.36. The molecule has 4 rings (SSSR count). The molecule has 0 fully saturated rings. The molecule has 0 aliphatic rings. The van der Waals surface area contributed by atoms with Crippen LogP contribution in [0.1, 0.15) is 11.4 Å². The molecule has 0 saturated carbocycles. The van der Waals surface area contributed by atoms with Crippen LogP contribution in [0.4, 0.5) is 5.82 Å². The molecule has 0 atom stereocenters. The van der Waals surface area contributed by atoms with Gasteiger partial charge in [-0.15, -0.1) is 0 Å². The normalized spacial score (nSPS) is 11.2. The lowest BCUT2D eigenvalue weighted by Gasteiger charge is -2.04. The molecule has 0 unspecified atom stereocenters. The number of nitrogens with zero attached hydrogens (tertiary/aromatic N) is 5. The summed E-state index contributed by atoms with van der Waals surface area (Å²) in [5, 5.41) is 13.0. The number of benzene rings is 1. The van der Waals surface area contributed by atoms with Crippen molar-refractivity contribution in [2.75, 3.05) is 5.73 Å². The first-order valence-corrected chi connectivity index (χ1v) is 7.72. The number of fused-ring (bicyclic) bond motifs is 1. The second-order valence-corrected chi connectivity index (χ2v) is 5.87. The molecule has 7 nitrogen and oxygen atoms in total. The standard InChI is InChI=1S/C16H14ClN7/c1-24-14(21-16(23-24)10-3-5-13(18)19-7-10)6-9-2-4-12-11(15(9)17)8-20-22-12/h2-5,7-8H,6H2,1H3,(H2,18,19)(H,20,22). The Bertz CT molecular complexity index is 1020. The number of aromatic amines is 1. The lowest BCUT2D eigenvalue weighted by atomic mass is 10.1. The summed E-state index contributed by atoms with van der Waals surface area (Å²) in [6.45, 7) is 0. The summed E-state index contributed by atoms with van der Waals surface area (Å²) in [5.74, 6) is 1.89. The van der Waals surface area contributed by atoms with Crippen molar-refractivity contribution in [1.29, 1.82) is 0 Å². The summed E-state index contributed by atoms with van der Waals surface area (Å²) in [5.41, 5.74) is 8.32. The van der Waals surface area contributed by atoms with Gasteiger partial charge in [0.1, 0.15) is 11.6 Å². The van der Waals surface area contributed by atoms with Crippen molar-refractivity contribution in [1.82, 2.24) is 29.9 Å². The fraction of sp³-hybridized carbons (Fsp3) is 0.125. The molecule has 1 aromatic carbocycles. The van der Waals surface area contributed by atoms with E-state index in [1.165, 1.54) is 0 Å². The Morgan fingerprint density at radius 2 is 2.08 bits per heavy atom. The third-order valence-electron chi connectivity index (χ3n) is 3.88. The predicted octanol–water partition coefficient (Wildman–Crippen LogP) is 2.58. The van der Waals surface area contributed by atoms with Gasteiger partial charge in [0, 0.05) is 30.6 Å². The van der Waals surface area contributed by atoms with Gasteiger partial charge in [-0.2, -0.15) is 10.2 Å². The van der Waals surface area contributed by atoms with E-state index in [2.05, 4.69) is 25.3 Å². The summed E-state index contributed by atoms with van der Waals surface area (Å²) < 4.78 is 1.75. The summed E-state index contributed by atoms with van der Waals surface area (Å²) in [4.78, 5) is 8.68. The number of nitrogen functional groups attached to an aromatic ring is 1. The Morgan fingerprint density at radius 3 is 2.88 bits per heavy atom. The first-order valence-electron chi connectivity index (χ1n) is 7.34. The molecule has 0 bridgehead atoms. The zero-order valence-electron chi connectivity index (χ0n) is 12.9. The van der Waals surface area contributed by atoms with E-state index in [1.807, 2.05) is 25.2 Å². The summed E-state index contributed by atoms with van der Waals surface area (Å²) in [6.07, 6.45) is 3.97. The highest BCUT2D eigenvalue weighted by Crippen LogP contribution is 2.27. The van der Waals surface area contributed by atoms with E-state index in [0.717, 1.165) is 27.9 Å². The van der Waals surface area contributed by atoms with Crippen molar-refractivity contribution in [3.8, 4) is 11.4 Å². The number of nitrogens with two attached hydrogens (primary N) is 1. The monoisotopic (exact) mass is 339 g/mol. The number of nitrogens with one attached hydrogen (secondary N) is 1. The van der Waals surface area contributed by atoms with Gasteiger partial charge in [0.15, 0.2) is 5.82 Å². The molecule has 3 N–H and O–H groups in total. The molecule has 0 radical (unpaired) electrons. The van der Waals surface area contributed by atoms with E-state index in [-0.39, 0.29) is 0 Å². The first-order chi connectivity index (χ1) is 11.6. The van der Waals surface area contributed by atoms with Crippen molar-refractivity contribution >= 4 is 28.3 Å². The van der Waals surface area contributed by atoms with Crippen molar-refractivity contribution in [3.05, 3.63) is 53.1 Å². The molecule has 3 aromatic heterocycles. The zero-order valence-corrected chi connectivity index (χ0v) is 13.6. The van der Waals surface area contributed by atoms with Gasteiger partial charge in [0.2, 0.25) is 0 Å². The molecule has 0 saturated heterocycles. The van der Waals surface area contributed by atoms with Crippen LogP contribution in [0.5, 0.6) is 0 Å². The molecule has 8 heteroatoms. The second kappa shape index (κ2) is 5.61. The smallest absolute Gasteiger partial charge is 0.182 e. The molecule has 0 aliphatic heterocycles. The van der Waals surface area contributed by atoms with Crippen LogP contribution < -0.4 is 5.73 Å². The molecule has 4 aromatic rings. The lowest BCUT2D eigenvalue weighted by Crippen LogP contribution is -2.01. The first kappa shape index (κ1) is 14.6. The number of anilines is 1. The third-order valence-corrected chi connectivity index (χ3v) is 4.33. The SMILES string of the molecule is Cn1nc(-c2ccc(N)nc2)nc1Cc1ccc2[nH]ncc2c1Cl. The maximum absolute atomic E-state index is 6.49. The number of halogens is 1. The van der Waals surface area contributed by atoms with Crippen molar-refractivity contribution in [2.45, 2.75) is 6.42 Å². The van der Waals surface area contributed by atoms with E-state index in [1.54, 1.807) is 23.1 Å². The number of pyridine rings is 1. The number of hydrogen-bond acceptors (Lipinski definition) is 5. The predicted molar refractivity (Wildman–Crippen MR) is 92.6 cm³/mol.